The maximum absolute atomic E-state index is 13.2. The molecule has 1 N–H and O–H groups in total. The molecule has 2 aromatic rings. The molecule has 1 aromatic heterocycles. The minimum absolute atomic E-state index is 0.0797. The molecule has 1 aromatic carbocycles. The summed E-state index contributed by atoms with van der Waals surface area (Å²) in [5.41, 5.74) is 2.58. The third-order valence-electron chi connectivity index (χ3n) is 2.76. The van der Waals surface area contributed by atoms with Gasteiger partial charge in [0, 0.05) is 18.3 Å². The van der Waals surface area contributed by atoms with Crippen LogP contribution >= 0.6 is 0 Å². The average molecular weight is 248 g/mol. The van der Waals surface area contributed by atoms with E-state index in [2.05, 4.69) is 5.10 Å². The van der Waals surface area contributed by atoms with E-state index < -0.39 is 5.97 Å². The second-order valence-corrected chi connectivity index (χ2v) is 4.18. The molecule has 0 spiro atoms. The number of aromatic nitrogens is 2. The molecule has 4 nitrogen and oxygen atoms in total. The van der Waals surface area contributed by atoms with Crippen LogP contribution in [0.4, 0.5) is 4.39 Å². The summed E-state index contributed by atoms with van der Waals surface area (Å²) in [7, 11) is 1.69. The van der Waals surface area contributed by atoms with Crippen LogP contribution in [-0.4, -0.2) is 20.9 Å². The first-order chi connectivity index (χ1) is 8.47. The summed E-state index contributed by atoms with van der Waals surface area (Å²) in [6.45, 7) is 1.68. The van der Waals surface area contributed by atoms with Crippen LogP contribution in [0.5, 0.6) is 0 Å². The van der Waals surface area contributed by atoms with E-state index in [1.54, 1.807) is 32.2 Å². The van der Waals surface area contributed by atoms with E-state index >= 15 is 0 Å². The molecule has 0 aliphatic heterocycles. The summed E-state index contributed by atoms with van der Waals surface area (Å²) in [5.74, 6) is -1.17. The van der Waals surface area contributed by atoms with Crippen LogP contribution in [0.2, 0.25) is 0 Å². The predicted octanol–water partition coefficient (Wildman–Crippen LogP) is 2.16. The van der Waals surface area contributed by atoms with E-state index in [1.165, 1.54) is 10.7 Å². The molecule has 0 radical (unpaired) electrons. The van der Waals surface area contributed by atoms with Crippen LogP contribution in [0.15, 0.2) is 24.3 Å². The number of carbonyl (C=O) groups is 1. The lowest BCUT2D eigenvalue weighted by atomic mass is 10.1. The van der Waals surface area contributed by atoms with Crippen LogP contribution in [-0.2, 0) is 18.3 Å². The van der Waals surface area contributed by atoms with Gasteiger partial charge in [0.1, 0.15) is 5.82 Å². The number of hydrogen-bond acceptors (Lipinski definition) is 2. The minimum Gasteiger partial charge on any atom is -0.481 e. The van der Waals surface area contributed by atoms with Gasteiger partial charge in [0.05, 0.1) is 12.1 Å². The van der Waals surface area contributed by atoms with Crippen molar-refractivity contribution in [3.63, 3.8) is 0 Å². The van der Waals surface area contributed by atoms with Crippen molar-refractivity contribution in [2.24, 2.45) is 7.05 Å². The fourth-order valence-corrected chi connectivity index (χ4v) is 1.77. The second kappa shape index (κ2) is 4.60. The fourth-order valence-electron chi connectivity index (χ4n) is 1.77. The van der Waals surface area contributed by atoms with Crippen molar-refractivity contribution in [1.29, 1.82) is 0 Å². The summed E-state index contributed by atoms with van der Waals surface area (Å²) < 4.78 is 14.7. The third kappa shape index (κ3) is 2.40. The van der Waals surface area contributed by atoms with E-state index in [1.807, 2.05) is 0 Å². The number of hydrogen-bond donors (Lipinski definition) is 1. The van der Waals surface area contributed by atoms with Gasteiger partial charge in [-0.25, -0.2) is 4.39 Å². The summed E-state index contributed by atoms with van der Waals surface area (Å²) in [6, 6.07) is 6.43. The number of nitrogens with zero attached hydrogens (tertiary/aromatic N) is 2. The Bertz CT molecular complexity index is 605. The monoisotopic (exact) mass is 248 g/mol. The normalized spacial score (nSPS) is 10.6. The minimum atomic E-state index is -0.903. The number of aryl methyl sites for hydroxylation is 2. The van der Waals surface area contributed by atoms with Gasteiger partial charge in [-0.15, -0.1) is 0 Å². The van der Waals surface area contributed by atoms with Crippen molar-refractivity contribution < 1.29 is 14.3 Å². The van der Waals surface area contributed by atoms with Crippen LogP contribution in [0.3, 0.4) is 0 Å². The Morgan fingerprint density at radius 3 is 2.78 bits per heavy atom. The first-order valence-electron chi connectivity index (χ1n) is 5.48. The van der Waals surface area contributed by atoms with Crippen LogP contribution in [0, 0.1) is 12.7 Å². The molecule has 1 heterocycles. The zero-order valence-corrected chi connectivity index (χ0v) is 10.1. The molecule has 0 saturated carbocycles. The van der Waals surface area contributed by atoms with Gasteiger partial charge in [0.2, 0.25) is 0 Å². The Labute approximate surface area is 104 Å². The fraction of sp³-hybridized carbons (Fsp3) is 0.231. The third-order valence-corrected chi connectivity index (χ3v) is 2.76. The first-order valence-corrected chi connectivity index (χ1v) is 5.48. The van der Waals surface area contributed by atoms with Crippen molar-refractivity contribution in [2.45, 2.75) is 13.3 Å². The standard InChI is InChI=1S/C13H13FN2O2/c1-8-5-9(3-4-11(8)14)12-6-10(7-13(17)18)16(2)15-12/h3-6H,7H2,1-2H3,(H,17,18). The lowest BCUT2D eigenvalue weighted by Crippen LogP contribution is -2.05. The van der Waals surface area contributed by atoms with Gasteiger partial charge in [-0.1, -0.05) is 0 Å². The first kappa shape index (κ1) is 12.3. The Balaban J connectivity index is 2.39. The summed E-state index contributed by atoms with van der Waals surface area (Å²) in [4.78, 5) is 10.7. The molecule has 94 valence electrons. The molecule has 5 heteroatoms. The highest BCUT2D eigenvalue weighted by Crippen LogP contribution is 2.21. The molecule has 0 aliphatic rings. The molecule has 0 bridgehead atoms. The molecular weight excluding hydrogens is 235 g/mol. The number of rotatable bonds is 3. The number of carboxylic acids is 1. The number of aliphatic carboxylic acids is 1. The van der Waals surface area contributed by atoms with E-state index in [0.717, 1.165) is 5.56 Å². The summed E-state index contributed by atoms with van der Waals surface area (Å²) >= 11 is 0. The van der Waals surface area contributed by atoms with Crippen molar-refractivity contribution in [3.05, 3.63) is 41.3 Å². The van der Waals surface area contributed by atoms with Crippen molar-refractivity contribution in [1.82, 2.24) is 9.78 Å². The molecule has 0 unspecified atom stereocenters. The van der Waals surface area contributed by atoms with E-state index in [-0.39, 0.29) is 12.2 Å². The van der Waals surface area contributed by atoms with Gasteiger partial charge in [0.15, 0.2) is 0 Å². The van der Waals surface area contributed by atoms with Crippen LogP contribution in [0.1, 0.15) is 11.3 Å². The van der Waals surface area contributed by atoms with Crippen LogP contribution in [0.25, 0.3) is 11.3 Å². The molecule has 0 amide bonds. The maximum atomic E-state index is 13.2. The Kier molecular flexibility index (Phi) is 3.14. The highest BCUT2D eigenvalue weighted by atomic mass is 19.1. The number of halogens is 1. The van der Waals surface area contributed by atoms with Gasteiger partial charge in [-0.05, 0) is 36.8 Å². The van der Waals surface area contributed by atoms with E-state index in [9.17, 15) is 9.18 Å². The Morgan fingerprint density at radius 1 is 1.44 bits per heavy atom. The SMILES string of the molecule is Cc1cc(-c2cc(CC(=O)O)n(C)n2)ccc1F. The molecule has 0 saturated heterocycles. The highest BCUT2D eigenvalue weighted by Gasteiger charge is 2.11. The van der Waals surface area contributed by atoms with Crippen molar-refractivity contribution >= 4 is 5.97 Å². The molecular formula is C13H13FN2O2. The second-order valence-electron chi connectivity index (χ2n) is 4.18. The lowest BCUT2D eigenvalue weighted by molar-refractivity contribution is -0.136. The van der Waals surface area contributed by atoms with Crippen molar-refractivity contribution in [2.75, 3.05) is 0 Å². The Hall–Kier alpha value is -2.17. The predicted molar refractivity (Wildman–Crippen MR) is 64.7 cm³/mol. The highest BCUT2D eigenvalue weighted by molar-refractivity contribution is 5.70. The quantitative estimate of drug-likeness (QED) is 0.905. The largest absolute Gasteiger partial charge is 0.481 e. The average Bonchev–Trinajstić information content (AvgIpc) is 2.63. The van der Waals surface area contributed by atoms with Gasteiger partial charge in [-0.3, -0.25) is 9.48 Å². The van der Waals surface area contributed by atoms with Crippen molar-refractivity contribution in [3.8, 4) is 11.3 Å². The molecule has 0 fully saturated rings. The molecule has 0 atom stereocenters. The number of benzene rings is 1. The molecule has 18 heavy (non-hydrogen) atoms. The smallest absolute Gasteiger partial charge is 0.309 e. The summed E-state index contributed by atoms with van der Waals surface area (Å²) in [5, 5.41) is 13.0. The van der Waals surface area contributed by atoms with Gasteiger partial charge >= 0.3 is 5.97 Å². The number of carboxylic acid groups (broad SMARTS) is 1. The summed E-state index contributed by atoms with van der Waals surface area (Å²) in [6.07, 6.45) is -0.0797. The topological polar surface area (TPSA) is 55.1 Å². The molecule has 0 aliphatic carbocycles. The van der Waals surface area contributed by atoms with E-state index in [0.29, 0.717) is 17.0 Å². The zero-order valence-electron chi connectivity index (χ0n) is 10.1. The van der Waals surface area contributed by atoms with Gasteiger partial charge < -0.3 is 5.11 Å². The van der Waals surface area contributed by atoms with Crippen LogP contribution < -0.4 is 0 Å². The Morgan fingerprint density at radius 2 is 2.17 bits per heavy atom. The van der Waals surface area contributed by atoms with Gasteiger partial charge in [0.25, 0.3) is 0 Å². The van der Waals surface area contributed by atoms with Gasteiger partial charge in [-0.2, -0.15) is 5.10 Å². The molecule has 2 rings (SSSR count). The van der Waals surface area contributed by atoms with E-state index in [4.69, 9.17) is 5.11 Å². The lowest BCUT2D eigenvalue weighted by Gasteiger charge is -1.99. The maximum Gasteiger partial charge on any atom is 0.309 e. The zero-order chi connectivity index (χ0) is 13.3.